The molecule has 3 N–H and O–H groups in total. The Balaban J connectivity index is 0.000000279. The fraction of sp³-hybridized carbons (Fsp3) is 0.292. The molecule has 38 heavy (non-hydrogen) atoms. The summed E-state index contributed by atoms with van der Waals surface area (Å²) in [7, 11) is 0. The smallest absolute Gasteiger partial charge is 0.397 e. The van der Waals surface area contributed by atoms with Gasteiger partial charge in [-0.05, 0) is 36.1 Å². The van der Waals surface area contributed by atoms with Crippen LogP contribution in [0.15, 0.2) is 58.6 Å². The number of pyridine rings is 3. The Labute approximate surface area is 211 Å². The molecule has 202 valence electrons. The molecule has 8 nitrogen and oxygen atoms in total. The molecule has 0 radical (unpaired) electrons. The van der Waals surface area contributed by atoms with Crippen LogP contribution in [0.25, 0.3) is 22.2 Å². The summed E-state index contributed by atoms with van der Waals surface area (Å²) in [5.41, 5.74) is 1.32. The van der Waals surface area contributed by atoms with E-state index in [4.69, 9.17) is 5.73 Å². The molecule has 0 aliphatic rings. The monoisotopic (exact) mass is 540 g/mol. The largest absolute Gasteiger partial charge is 0.423 e. The maximum absolute atomic E-state index is 12.6. The van der Waals surface area contributed by atoms with E-state index in [1.54, 1.807) is 21.9 Å². The minimum absolute atomic E-state index is 0.113. The van der Waals surface area contributed by atoms with Crippen LogP contribution >= 0.6 is 0 Å². The Morgan fingerprint density at radius 2 is 1.63 bits per heavy atom. The van der Waals surface area contributed by atoms with Crippen molar-refractivity contribution in [1.82, 2.24) is 24.7 Å². The maximum atomic E-state index is 12.6. The van der Waals surface area contributed by atoms with Crippen molar-refractivity contribution in [3.8, 4) is 11.4 Å². The van der Waals surface area contributed by atoms with E-state index in [0.717, 1.165) is 37.7 Å². The topological polar surface area (TPSA) is 120 Å². The number of fused-ring (bicyclic) bond motifs is 1. The van der Waals surface area contributed by atoms with Crippen molar-refractivity contribution >= 4 is 16.5 Å². The van der Waals surface area contributed by atoms with Crippen molar-refractivity contribution in [3.05, 3.63) is 80.9 Å². The van der Waals surface area contributed by atoms with Crippen molar-refractivity contribution in [2.75, 3.05) is 5.73 Å². The van der Waals surface area contributed by atoms with Crippen LogP contribution in [0.1, 0.15) is 37.3 Å². The number of nitrogens with two attached hydrogens (primary N) is 1. The van der Waals surface area contributed by atoms with Crippen molar-refractivity contribution in [2.45, 2.75) is 45.1 Å². The highest BCUT2D eigenvalue weighted by Crippen LogP contribution is 2.30. The van der Waals surface area contributed by atoms with E-state index in [1.165, 1.54) is 12.3 Å². The number of alkyl halides is 6. The highest BCUT2D eigenvalue weighted by atomic mass is 19.4. The van der Waals surface area contributed by atoms with E-state index in [-0.39, 0.29) is 5.56 Å². The third-order valence-electron chi connectivity index (χ3n) is 5.39. The van der Waals surface area contributed by atoms with Crippen LogP contribution < -0.4 is 16.9 Å². The van der Waals surface area contributed by atoms with Crippen molar-refractivity contribution in [3.63, 3.8) is 0 Å². The van der Waals surface area contributed by atoms with Crippen molar-refractivity contribution in [2.24, 2.45) is 0 Å². The third kappa shape index (κ3) is 6.75. The number of unbranched alkanes of at least 4 members (excludes halogenated alkanes) is 2. The van der Waals surface area contributed by atoms with Gasteiger partial charge in [0.1, 0.15) is 5.56 Å². The number of hydrogen-bond acceptors (Lipinski definition) is 6. The van der Waals surface area contributed by atoms with Crippen molar-refractivity contribution < 1.29 is 26.3 Å². The molecule has 0 amide bonds. The minimum Gasteiger partial charge on any atom is -0.397 e. The zero-order chi connectivity index (χ0) is 28.1. The van der Waals surface area contributed by atoms with Crippen LogP contribution in [0.4, 0.5) is 32.0 Å². The van der Waals surface area contributed by atoms with Gasteiger partial charge in [0.15, 0.2) is 0 Å². The Kier molecular flexibility index (Phi) is 8.53. The molecule has 0 aliphatic heterocycles. The number of aromatic nitrogens is 5. The zero-order valence-electron chi connectivity index (χ0n) is 19.9. The van der Waals surface area contributed by atoms with Gasteiger partial charge in [0.25, 0.3) is 11.1 Å². The molecule has 0 aliphatic carbocycles. The van der Waals surface area contributed by atoms with Crippen LogP contribution in [-0.4, -0.2) is 24.7 Å². The van der Waals surface area contributed by atoms with Crippen LogP contribution in [0, 0.1) is 0 Å². The lowest BCUT2D eigenvalue weighted by Crippen LogP contribution is -2.24. The molecule has 0 saturated carbocycles. The summed E-state index contributed by atoms with van der Waals surface area (Å²) in [6.07, 6.45) is -1.37. The molecule has 14 heteroatoms. The number of nitrogens with zero attached hydrogens (tertiary/aromatic N) is 4. The summed E-state index contributed by atoms with van der Waals surface area (Å²) < 4.78 is 75.5. The number of anilines is 1. The van der Waals surface area contributed by atoms with Crippen molar-refractivity contribution in [1.29, 1.82) is 0 Å². The summed E-state index contributed by atoms with van der Waals surface area (Å²) in [5, 5.41) is 5.91. The molecular weight excluding hydrogens is 518 g/mol. The Hall–Kier alpha value is -4.23. The van der Waals surface area contributed by atoms with E-state index >= 15 is 0 Å². The van der Waals surface area contributed by atoms with Crippen LogP contribution in [-0.2, 0) is 18.9 Å². The summed E-state index contributed by atoms with van der Waals surface area (Å²) in [6, 6.07) is 5.74. The van der Waals surface area contributed by atoms with E-state index in [1.807, 2.05) is 6.07 Å². The number of H-pyrrole nitrogens is 1. The molecule has 4 heterocycles. The van der Waals surface area contributed by atoms with E-state index in [0.29, 0.717) is 28.7 Å². The van der Waals surface area contributed by atoms with Gasteiger partial charge < -0.3 is 10.3 Å². The molecule has 0 saturated heterocycles. The van der Waals surface area contributed by atoms with Gasteiger partial charge in [-0.25, -0.2) is 5.10 Å². The Morgan fingerprint density at radius 1 is 0.921 bits per heavy atom. The van der Waals surface area contributed by atoms with Gasteiger partial charge in [-0.15, -0.1) is 0 Å². The van der Waals surface area contributed by atoms with E-state index in [9.17, 15) is 35.9 Å². The number of hydrogen-bond donors (Lipinski definition) is 2. The first-order valence-electron chi connectivity index (χ1n) is 11.3. The molecule has 0 atom stereocenters. The normalized spacial score (nSPS) is 11.8. The van der Waals surface area contributed by atoms with Gasteiger partial charge >= 0.3 is 12.4 Å². The number of aromatic amines is 1. The average molecular weight is 540 g/mol. The molecule has 0 fully saturated rings. The molecule has 0 aromatic carbocycles. The van der Waals surface area contributed by atoms with E-state index in [2.05, 4.69) is 22.0 Å². The summed E-state index contributed by atoms with van der Waals surface area (Å²) in [5.74, 6) is 0. The number of nitrogens with one attached hydrogen (secondary N) is 1. The lowest BCUT2D eigenvalue weighted by molar-refractivity contribution is -0.138. The quantitative estimate of drug-likeness (QED) is 0.271. The second kappa shape index (κ2) is 11.4. The van der Waals surface area contributed by atoms with E-state index < -0.39 is 34.7 Å². The van der Waals surface area contributed by atoms with Gasteiger partial charge in [0.05, 0.1) is 34.2 Å². The van der Waals surface area contributed by atoms with Crippen LogP contribution in [0.5, 0.6) is 0 Å². The SMILES string of the molecule is CCCCCn1ccc2cc(-c3ccc(C(F)(F)F)cn3)ncc2c1=O.Nc1cn[nH]c(=O)c1C(F)(F)F. The fourth-order valence-electron chi connectivity index (χ4n) is 3.45. The van der Waals surface area contributed by atoms with Gasteiger partial charge in [0, 0.05) is 25.1 Å². The van der Waals surface area contributed by atoms with Crippen LogP contribution in [0.2, 0.25) is 0 Å². The minimum atomic E-state index is -4.74. The second-order valence-electron chi connectivity index (χ2n) is 8.14. The second-order valence-corrected chi connectivity index (χ2v) is 8.14. The first-order valence-corrected chi connectivity index (χ1v) is 11.3. The molecule has 4 rings (SSSR count). The summed E-state index contributed by atoms with van der Waals surface area (Å²) in [4.78, 5) is 31.1. The Morgan fingerprint density at radius 3 is 2.18 bits per heavy atom. The summed E-state index contributed by atoms with van der Waals surface area (Å²) >= 11 is 0. The molecule has 4 aromatic heterocycles. The molecule has 0 unspecified atom stereocenters. The first-order chi connectivity index (χ1) is 17.8. The van der Waals surface area contributed by atoms with Gasteiger partial charge in [-0.2, -0.15) is 31.4 Å². The maximum Gasteiger partial charge on any atom is 0.423 e. The molecular formula is C24H22F6N6O2. The van der Waals surface area contributed by atoms with Gasteiger partial charge in [-0.3, -0.25) is 19.6 Å². The predicted molar refractivity (Wildman–Crippen MR) is 128 cm³/mol. The van der Waals surface area contributed by atoms with Crippen LogP contribution in [0.3, 0.4) is 0 Å². The van der Waals surface area contributed by atoms with Gasteiger partial charge in [-0.1, -0.05) is 19.8 Å². The third-order valence-corrected chi connectivity index (χ3v) is 5.39. The Bertz CT molecular complexity index is 1510. The standard InChI is InChI=1S/C19H18F3N3O.C5H4F3N3O/c1-2-3-4-8-25-9-7-13-10-17(24-12-15(13)18(25)26)16-6-5-14(11-23-16)19(20,21)22;6-5(7,8)3-2(9)1-10-11-4(3)12/h5-7,9-12H,2-4,8H2,1H3;1H,(H3,9,11,12). The predicted octanol–water partition coefficient (Wildman–Crippen LogP) is 5.04. The molecule has 4 aromatic rings. The lowest BCUT2D eigenvalue weighted by Gasteiger charge is -2.09. The first kappa shape index (κ1) is 28.3. The molecule has 0 bridgehead atoms. The molecule has 0 spiro atoms. The number of halogens is 6. The average Bonchev–Trinajstić information content (AvgIpc) is 2.84. The zero-order valence-corrected chi connectivity index (χ0v) is 19.9. The fourth-order valence-corrected chi connectivity index (χ4v) is 3.45. The highest BCUT2D eigenvalue weighted by molar-refractivity contribution is 5.83. The summed E-state index contributed by atoms with van der Waals surface area (Å²) in [6.45, 7) is 2.76. The lowest BCUT2D eigenvalue weighted by atomic mass is 10.1. The van der Waals surface area contributed by atoms with Gasteiger partial charge in [0.2, 0.25) is 0 Å². The number of nitrogen functional groups attached to an aromatic ring is 1. The number of aryl methyl sites for hydroxylation is 1. The highest BCUT2D eigenvalue weighted by Gasteiger charge is 2.36. The number of rotatable bonds is 5.